The third kappa shape index (κ3) is 7.03. The van der Waals surface area contributed by atoms with Gasteiger partial charge < -0.3 is 18.9 Å². The highest BCUT2D eigenvalue weighted by Crippen LogP contribution is 2.35. The van der Waals surface area contributed by atoms with Crippen molar-refractivity contribution in [1.29, 1.82) is 0 Å². The van der Waals surface area contributed by atoms with Gasteiger partial charge in [0.1, 0.15) is 49.4 Å². The van der Waals surface area contributed by atoms with E-state index in [-0.39, 0.29) is 11.6 Å². The molecule has 0 aromatic heterocycles. The van der Waals surface area contributed by atoms with Gasteiger partial charge in [-0.25, -0.2) is 0 Å². The number of Topliss-reactive ketones (excluding diaryl/α,β-unsaturated/α-hetero) is 2. The first kappa shape index (κ1) is 31.0. The molecule has 48 heavy (non-hydrogen) atoms. The molecular formula is C42H36O6. The van der Waals surface area contributed by atoms with Crippen LogP contribution in [-0.4, -0.2) is 38.0 Å². The van der Waals surface area contributed by atoms with Gasteiger partial charge in [0.05, 0.1) is 0 Å². The number of fused-ring (bicyclic) bond motifs is 8. The average molecular weight is 637 g/mol. The molecule has 0 saturated heterocycles. The Kier molecular flexibility index (Phi) is 9.32. The Morgan fingerprint density at radius 2 is 0.562 bits per heavy atom. The number of allylic oxidation sites excluding steroid dienone is 4. The fourth-order valence-electron chi connectivity index (χ4n) is 6.24. The number of hydrogen-bond acceptors (Lipinski definition) is 6. The summed E-state index contributed by atoms with van der Waals surface area (Å²) >= 11 is 0. The number of carbonyl (C=O) groups excluding carboxylic acids is 2. The Morgan fingerprint density at radius 1 is 0.333 bits per heavy atom. The van der Waals surface area contributed by atoms with Crippen molar-refractivity contribution >= 4 is 35.9 Å². The van der Waals surface area contributed by atoms with E-state index in [0.717, 1.165) is 44.5 Å². The second-order valence-electron chi connectivity index (χ2n) is 11.9. The molecule has 2 fully saturated rings. The molecule has 2 saturated carbocycles. The van der Waals surface area contributed by atoms with Crippen LogP contribution in [-0.2, 0) is 9.59 Å². The van der Waals surface area contributed by atoms with Crippen molar-refractivity contribution < 1.29 is 28.5 Å². The first-order chi connectivity index (χ1) is 23.6. The lowest BCUT2D eigenvalue weighted by atomic mass is 10.1. The Morgan fingerprint density at radius 3 is 0.812 bits per heavy atom. The standard InChI is InChI=1S/C42H36O6/c43-41-33-17-18-34(41)26-30-10-2-7-15-39(30)47-23-24-48-40-16-8-4-12-32(40)28-36-20-19-35(42(36)44)27-31-11-3-6-14-38(31)46-22-21-45-37-13-5-1-9-29(37)25-33/h1-16,25-28H,17-24H2/b33-25+,34-26+,35-27+,36-28+. The van der Waals surface area contributed by atoms with Gasteiger partial charge in [-0.2, -0.15) is 0 Å². The lowest BCUT2D eigenvalue weighted by Gasteiger charge is -2.13. The van der Waals surface area contributed by atoms with Gasteiger partial charge in [0.15, 0.2) is 11.6 Å². The summed E-state index contributed by atoms with van der Waals surface area (Å²) in [5, 5.41) is 0. The molecule has 6 heteroatoms. The van der Waals surface area contributed by atoms with Gasteiger partial charge in [0.2, 0.25) is 0 Å². The highest BCUT2D eigenvalue weighted by atomic mass is 16.5. The van der Waals surface area contributed by atoms with Crippen LogP contribution in [0.2, 0.25) is 0 Å². The van der Waals surface area contributed by atoms with Gasteiger partial charge in [0, 0.05) is 44.5 Å². The van der Waals surface area contributed by atoms with Crippen molar-refractivity contribution in [2.75, 3.05) is 26.4 Å². The van der Waals surface area contributed by atoms with Crippen LogP contribution in [0.3, 0.4) is 0 Å². The maximum atomic E-state index is 13.5. The van der Waals surface area contributed by atoms with Gasteiger partial charge >= 0.3 is 0 Å². The predicted molar refractivity (Wildman–Crippen MR) is 188 cm³/mol. The zero-order valence-electron chi connectivity index (χ0n) is 26.7. The summed E-state index contributed by atoms with van der Waals surface area (Å²) in [6, 6.07) is 30.9. The third-order valence-electron chi connectivity index (χ3n) is 8.69. The van der Waals surface area contributed by atoms with Crippen LogP contribution in [0.5, 0.6) is 23.0 Å². The monoisotopic (exact) mass is 636 g/mol. The Labute approximate surface area is 280 Å². The summed E-state index contributed by atoms with van der Waals surface area (Å²) < 4.78 is 24.6. The molecule has 3 aliphatic rings. The molecule has 0 spiro atoms. The molecule has 4 aromatic carbocycles. The summed E-state index contributed by atoms with van der Waals surface area (Å²) in [4.78, 5) is 27.0. The first-order valence-corrected chi connectivity index (χ1v) is 16.4. The largest absolute Gasteiger partial charge is 0.489 e. The SMILES string of the molecule is O=C1/C2=C/c3ccccc3OCCOc3ccccc3/C=C3\CC/C(=C\c4ccccc4OCCOc4ccccc4/C=C/1CC2)C3=O. The summed E-state index contributed by atoms with van der Waals surface area (Å²) in [5.74, 6) is 2.83. The van der Waals surface area contributed by atoms with Crippen LogP contribution in [0, 0.1) is 0 Å². The Balaban J connectivity index is 1.20. The molecule has 7 rings (SSSR count). The van der Waals surface area contributed by atoms with Crippen molar-refractivity contribution in [3.63, 3.8) is 0 Å². The Hall–Kier alpha value is -5.62. The van der Waals surface area contributed by atoms with Crippen LogP contribution in [0.25, 0.3) is 24.3 Å². The van der Waals surface area contributed by atoms with Crippen LogP contribution in [0.1, 0.15) is 47.9 Å². The molecule has 240 valence electrons. The average Bonchev–Trinajstić information content (AvgIpc) is 3.63. The van der Waals surface area contributed by atoms with Gasteiger partial charge in [-0.05, 0) is 74.3 Å². The normalized spacial score (nSPS) is 21.2. The maximum Gasteiger partial charge on any atom is 0.185 e. The topological polar surface area (TPSA) is 71.1 Å². The Bertz CT molecular complexity index is 1700. The number of ketones is 2. The molecule has 0 radical (unpaired) electrons. The minimum atomic E-state index is 0.0385. The molecule has 4 aromatic rings. The molecule has 0 unspecified atom stereocenters. The minimum Gasteiger partial charge on any atom is -0.489 e. The van der Waals surface area contributed by atoms with Gasteiger partial charge in [-0.1, -0.05) is 72.8 Å². The number of ether oxygens (including phenoxy) is 4. The first-order valence-electron chi connectivity index (χ1n) is 16.4. The van der Waals surface area contributed by atoms with Gasteiger partial charge in [-0.3, -0.25) is 9.59 Å². The second kappa shape index (κ2) is 14.4. The summed E-state index contributed by atoms with van der Waals surface area (Å²) in [7, 11) is 0. The number of carbonyl (C=O) groups is 2. The highest BCUT2D eigenvalue weighted by Gasteiger charge is 2.25. The third-order valence-corrected chi connectivity index (χ3v) is 8.69. The van der Waals surface area contributed by atoms with Crippen LogP contribution < -0.4 is 18.9 Å². The van der Waals surface area contributed by atoms with E-state index in [2.05, 4.69) is 0 Å². The number of rotatable bonds is 0. The van der Waals surface area contributed by atoms with E-state index >= 15 is 0 Å². The molecular weight excluding hydrogens is 600 g/mol. The van der Waals surface area contributed by atoms with Crippen molar-refractivity contribution in [1.82, 2.24) is 0 Å². The van der Waals surface area contributed by atoms with Crippen molar-refractivity contribution in [2.24, 2.45) is 0 Å². The quantitative estimate of drug-likeness (QED) is 0.193. The van der Waals surface area contributed by atoms with Crippen molar-refractivity contribution in [3.8, 4) is 23.0 Å². The lowest BCUT2D eigenvalue weighted by Crippen LogP contribution is -2.10. The minimum absolute atomic E-state index is 0.0385. The molecule has 0 atom stereocenters. The smallest absolute Gasteiger partial charge is 0.185 e. The van der Waals surface area contributed by atoms with Crippen molar-refractivity contribution in [3.05, 3.63) is 142 Å². The highest BCUT2D eigenvalue weighted by molar-refractivity contribution is 6.16. The predicted octanol–water partition coefficient (Wildman–Crippen LogP) is 8.58. The zero-order valence-corrected chi connectivity index (χ0v) is 26.7. The molecule has 4 bridgehead atoms. The molecule has 2 aliphatic carbocycles. The number of benzene rings is 4. The number of para-hydroxylation sites is 4. The molecule has 1 heterocycles. The fourth-order valence-corrected chi connectivity index (χ4v) is 6.24. The van der Waals surface area contributed by atoms with E-state index in [1.807, 2.05) is 121 Å². The molecule has 0 N–H and O–H groups in total. The molecule has 1 aliphatic heterocycles. The summed E-state index contributed by atoms with van der Waals surface area (Å²) in [6.07, 6.45) is 10.4. The van der Waals surface area contributed by atoms with Crippen LogP contribution >= 0.6 is 0 Å². The van der Waals surface area contributed by atoms with Crippen LogP contribution in [0.15, 0.2) is 119 Å². The molecule has 0 amide bonds. The van der Waals surface area contributed by atoms with E-state index in [0.29, 0.717) is 75.1 Å². The van der Waals surface area contributed by atoms with E-state index < -0.39 is 0 Å². The van der Waals surface area contributed by atoms with E-state index in [9.17, 15) is 9.59 Å². The fraction of sp³-hybridized carbons (Fsp3) is 0.190. The maximum absolute atomic E-state index is 13.5. The second-order valence-corrected chi connectivity index (χ2v) is 11.9. The van der Waals surface area contributed by atoms with E-state index in [4.69, 9.17) is 18.9 Å². The van der Waals surface area contributed by atoms with Gasteiger partial charge in [-0.15, -0.1) is 0 Å². The van der Waals surface area contributed by atoms with E-state index in [1.54, 1.807) is 0 Å². The summed E-state index contributed by atoms with van der Waals surface area (Å²) in [6.45, 7) is 1.26. The van der Waals surface area contributed by atoms with Crippen LogP contribution in [0.4, 0.5) is 0 Å². The number of hydrogen-bond donors (Lipinski definition) is 0. The van der Waals surface area contributed by atoms with E-state index in [1.165, 1.54) is 0 Å². The lowest BCUT2D eigenvalue weighted by molar-refractivity contribution is -0.112. The summed E-state index contributed by atoms with van der Waals surface area (Å²) in [5.41, 5.74) is 6.40. The van der Waals surface area contributed by atoms with Gasteiger partial charge in [0.25, 0.3) is 0 Å². The molecule has 6 nitrogen and oxygen atoms in total. The zero-order chi connectivity index (χ0) is 32.7. The van der Waals surface area contributed by atoms with Crippen molar-refractivity contribution in [2.45, 2.75) is 25.7 Å².